The SMILES string of the molecule is CCNC(CCC(C)C)Cc1cn(C)nn1. The van der Waals surface area contributed by atoms with Gasteiger partial charge in [0.1, 0.15) is 0 Å². The number of nitrogens with zero attached hydrogens (tertiary/aromatic N) is 3. The van der Waals surface area contributed by atoms with E-state index in [4.69, 9.17) is 0 Å². The third-order valence-electron chi connectivity index (χ3n) is 2.69. The van der Waals surface area contributed by atoms with E-state index in [1.165, 1.54) is 12.8 Å². The molecule has 4 heteroatoms. The van der Waals surface area contributed by atoms with E-state index in [1.54, 1.807) is 4.68 Å². The Hall–Kier alpha value is -0.900. The molecule has 0 amide bonds. The molecule has 0 spiro atoms. The van der Waals surface area contributed by atoms with E-state index >= 15 is 0 Å². The number of nitrogens with one attached hydrogen (secondary N) is 1. The average Bonchev–Trinajstić information content (AvgIpc) is 2.61. The van der Waals surface area contributed by atoms with E-state index in [0.29, 0.717) is 6.04 Å². The second-order valence-corrected chi connectivity index (χ2v) is 4.81. The van der Waals surface area contributed by atoms with Gasteiger partial charge in [-0.25, -0.2) is 0 Å². The summed E-state index contributed by atoms with van der Waals surface area (Å²) in [5.74, 6) is 0.767. The molecule has 0 aliphatic rings. The molecule has 0 saturated heterocycles. The van der Waals surface area contributed by atoms with Crippen molar-refractivity contribution in [1.82, 2.24) is 20.3 Å². The zero-order valence-electron chi connectivity index (χ0n) is 10.9. The molecule has 0 radical (unpaired) electrons. The third-order valence-corrected chi connectivity index (χ3v) is 2.69. The number of likely N-dealkylation sites (N-methyl/N-ethyl adjacent to an activating group) is 1. The van der Waals surface area contributed by atoms with Crippen molar-refractivity contribution in [3.05, 3.63) is 11.9 Å². The van der Waals surface area contributed by atoms with Crippen LogP contribution in [0.1, 0.15) is 39.3 Å². The normalized spacial score (nSPS) is 13.3. The highest BCUT2D eigenvalue weighted by molar-refractivity contribution is 4.95. The number of hydrogen-bond donors (Lipinski definition) is 1. The topological polar surface area (TPSA) is 42.7 Å². The van der Waals surface area contributed by atoms with Gasteiger partial charge in [0.05, 0.1) is 5.69 Å². The lowest BCUT2D eigenvalue weighted by Crippen LogP contribution is -2.31. The Morgan fingerprint density at radius 2 is 2.12 bits per heavy atom. The van der Waals surface area contributed by atoms with Gasteiger partial charge in [0, 0.05) is 25.7 Å². The highest BCUT2D eigenvalue weighted by Gasteiger charge is 2.11. The second-order valence-electron chi connectivity index (χ2n) is 4.81. The maximum absolute atomic E-state index is 4.14. The number of aryl methyl sites for hydroxylation is 1. The number of hydrogen-bond acceptors (Lipinski definition) is 3. The van der Waals surface area contributed by atoms with E-state index in [0.717, 1.165) is 24.6 Å². The molecule has 0 aliphatic heterocycles. The summed E-state index contributed by atoms with van der Waals surface area (Å²) >= 11 is 0. The average molecular weight is 224 g/mol. The molecule has 1 atom stereocenters. The first-order valence-electron chi connectivity index (χ1n) is 6.20. The van der Waals surface area contributed by atoms with Crippen molar-refractivity contribution in [2.75, 3.05) is 6.54 Å². The summed E-state index contributed by atoms with van der Waals surface area (Å²) < 4.78 is 1.76. The fraction of sp³-hybridized carbons (Fsp3) is 0.833. The summed E-state index contributed by atoms with van der Waals surface area (Å²) in [4.78, 5) is 0. The van der Waals surface area contributed by atoms with Gasteiger partial charge in [0.25, 0.3) is 0 Å². The molecule has 0 bridgehead atoms. The summed E-state index contributed by atoms with van der Waals surface area (Å²) in [7, 11) is 1.91. The predicted molar refractivity (Wildman–Crippen MR) is 66.2 cm³/mol. The zero-order valence-corrected chi connectivity index (χ0v) is 10.9. The Morgan fingerprint density at radius 1 is 1.38 bits per heavy atom. The Balaban J connectivity index is 2.43. The molecule has 0 fully saturated rings. The first kappa shape index (κ1) is 13.2. The predicted octanol–water partition coefficient (Wildman–Crippen LogP) is 1.77. The van der Waals surface area contributed by atoms with Crippen LogP contribution in [-0.2, 0) is 13.5 Å². The van der Waals surface area contributed by atoms with Crippen LogP contribution in [0.25, 0.3) is 0 Å². The Bertz CT molecular complexity index is 293. The maximum atomic E-state index is 4.14. The first-order valence-corrected chi connectivity index (χ1v) is 6.20. The number of rotatable bonds is 7. The van der Waals surface area contributed by atoms with Crippen LogP contribution in [0.4, 0.5) is 0 Å². The molecule has 16 heavy (non-hydrogen) atoms. The van der Waals surface area contributed by atoms with Gasteiger partial charge in [0.2, 0.25) is 0 Å². The van der Waals surface area contributed by atoms with E-state index in [1.807, 2.05) is 13.2 Å². The third kappa shape index (κ3) is 4.75. The lowest BCUT2D eigenvalue weighted by atomic mass is 10.0. The molecule has 92 valence electrons. The fourth-order valence-corrected chi connectivity index (χ4v) is 1.84. The van der Waals surface area contributed by atoms with Crippen molar-refractivity contribution >= 4 is 0 Å². The molecule has 1 aromatic heterocycles. The Labute approximate surface area is 98.4 Å². The highest BCUT2D eigenvalue weighted by atomic mass is 15.4. The molecular weight excluding hydrogens is 200 g/mol. The molecule has 1 aromatic rings. The minimum Gasteiger partial charge on any atom is -0.314 e. The molecule has 1 rings (SSSR count). The summed E-state index contributed by atoms with van der Waals surface area (Å²) in [6, 6.07) is 0.532. The molecule has 1 unspecified atom stereocenters. The van der Waals surface area contributed by atoms with Gasteiger partial charge >= 0.3 is 0 Å². The van der Waals surface area contributed by atoms with Crippen LogP contribution >= 0.6 is 0 Å². The van der Waals surface area contributed by atoms with Gasteiger partial charge in [-0.2, -0.15) is 0 Å². The molecular formula is C12H24N4. The van der Waals surface area contributed by atoms with Crippen LogP contribution in [0.15, 0.2) is 6.20 Å². The van der Waals surface area contributed by atoms with Crippen molar-refractivity contribution in [3.8, 4) is 0 Å². The van der Waals surface area contributed by atoms with Gasteiger partial charge in [-0.1, -0.05) is 26.0 Å². The number of aromatic nitrogens is 3. The quantitative estimate of drug-likeness (QED) is 0.767. The van der Waals surface area contributed by atoms with Crippen molar-refractivity contribution in [3.63, 3.8) is 0 Å². The van der Waals surface area contributed by atoms with Crippen LogP contribution in [0.2, 0.25) is 0 Å². The van der Waals surface area contributed by atoms with Gasteiger partial charge in [-0.05, 0) is 25.3 Å². The molecule has 4 nitrogen and oxygen atoms in total. The van der Waals surface area contributed by atoms with Gasteiger partial charge in [0.15, 0.2) is 0 Å². The van der Waals surface area contributed by atoms with E-state index in [-0.39, 0.29) is 0 Å². The molecule has 0 saturated carbocycles. The maximum Gasteiger partial charge on any atom is 0.0842 e. The Kier molecular flexibility index (Phi) is 5.46. The van der Waals surface area contributed by atoms with Crippen LogP contribution in [-0.4, -0.2) is 27.6 Å². The zero-order chi connectivity index (χ0) is 12.0. The molecule has 1 heterocycles. The van der Waals surface area contributed by atoms with E-state index < -0.39 is 0 Å². The molecule has 1 N–H and O–H groups in total. The standard InChI is InChI=1S/C12H24N4/c1-5-13-11(7-6-10(2)3)8-12-9-16(4)15-14-12/h9-11,13H,5-8H2,1-4H3. The van der Waals surface area contributed by atoms with Crippen molar-refractivity contribution < 1.29 is 0 Å². The smallest absolute Gasteiger partial charge is 0.0842 e. The van der Waals surface area contributed by atoms with Gasteiger partial charge in [-0.15, -0.1) is 5.10 Å². The van der Waals surface area contributed by atoms with Gasteiger partial charge < -0.3 is 5.32 Å². The van der Waals surface area contributed by atoms with Crippen LogP contribution < -0.4 is 5.32 Å². The van der Waals surface area contributed by atoms with Crippen molar-refractivity contribution in [2.24, 2.45) is 13.0 Å². The summed E-state index contributed by atoms with van der Waals surface area (Å²) in [5, 5.41) is 11.6. The van der Waals surface area contributed by atoms with Gasteiger partial charge in [-0.3, -0.25) is 4.68 Å². The molecule has 0 aromatic carbocycles. The monoisotopic (exact) mass is 224 g/mol. The molecule has 0 aliphatic carbocycles. The van der Waals surface area contributed by atoms with Crippen LogP contribution in [0.5, 0.6) is 0 Å². The largest absolute Gasteiger partial charge is 0.314 e. The summed E-state index contributed by atoms with van der Waals surface area (Å²) in [6.07, 6.45) is 5.45. The lowest BCUT2D eigenvalue weighted by molar-refractivity contribution is 0.432. The highest BCUT2D eigenvalue weighted by Crippen LogP contribution is 2.10. The minimum atomic E-state index is 0.532. The van der Waals surface area contributed by atoms with E-state index in [2.05, 4.69) is 36.4 Å². The minimum absolute atomic E-state index is 0.532. The van der Waals surface area contributed by atoms with E-state index in [9.17, 15) is 0 Å². The first-order chi connectivity index (χ1) is 7.61. The fourth-order valence-electron chi connectivity index (χ4n) is 1.84. The summed E-state index contributed by atoms with van der Waals surface area (Å²) in [5.41, 5.74) is 1.08. The second kappa shape index (κ2) is 6.63. The summed E-state index contributed by atoms with van der Waals surface area (Å²) in [6.45, 7) is 7.71. The van der Waals surface area contributed by atoms with Crippen molar-refractivity contribution in [1.29, 1.82) is 0 Å². The van der Waals surface area contributed by atoms with Crippen molar-refractivity contribution in [2.45, 2.75) is 46.1 Å². The van der Waals surface area contributed by atoms with Crippen LogP contribution in [0, 0.1) is 5.92 Å². The van der Waals surface area contributed by atoms with Crippen LogP contribution in [0.3, 0.4) is 0 Å². The lowest BCUT2D eigenvalue weighted by Gasteiger charge is -2.17. The Morgan fingerprint density at radius 3 is 2.62 bits per heavy atom.